The van der Waals surface area contributed by atoms with E-state index in [0.29, 0.717) is 12.8 Å². The predicted octanol–water partition coefficient (Wildman–Crippen LogP) is 13.7. The Morgan fingerprint density at radius 3 is 1.35 bits per heavy atom. The van der Waals surface area contributed by atoms with Crippen molar-refractivity contribution < 1.29 is 47.5 Å². The van der Waals surface area contributed by atoms with Crippen molar-refractivity contribution in [2.45, 2.75) is 231 Å². The molecule has 0 saturated heterocycles. The Kier molecular flexibility index (Phi) is 43.2. The summed E-state index contributed by atoms with van der Waals surface area (Å²) in [4.78, 5) is 46.1. The van der Waals surface area contributed by atoms with Crippen molar-refractivity contribution in [2.24, 2.45) is 5.73 Å². The van der Waals surface area contributed by atoms with Gasteiger partial charge in [0.05, 0.1) is 13.2 Å². The van der Waals surface area contributed by atoms with Crippen LogP contribution in [0, 0.1) is 0 Å². The van der Waals surface area contributed by atoms with E-state index in [9.17, 15) is 23.8 Å². The SMILES string of the molecule is CC/C=C\C/C=C\C/C=C\C/C=C\CCCCCCC(=O)OC[C@H](COP(=O)(O)OC[C@H](N)C(=O)O)OC(=O)CCCCCCCCCCCCCCCCCCCCCCC. The molecule has 1 unspecified atom stereocenters. The number of ether oxygens (including phenoxy) is 2. The minimum absolute atomic E-state index is 0.158. The van der Waals surface area contributed by atoms with Gasteiger partial charge in [0.25, 0.3) is 0 Å². The van der Waals surface area contributed by atoms with Gasteiger partial charge in [0, 0.05) is 12.8 Å². The fraction of sp³-hybridized carbons (Fsp3) is 0.780. The monoisotopic (exact) mass is 896 g/mol. The number of nitrogens with two attached hydrogens (primary N) is 1. The molecule has 360 valence electrons. The fourth-order valence-corrected chi connectivity index (χ4v) is 7.54. The van der Waals surface area contributed by atoms with E-state index < -0.39 is 51.1 Å². The van der Waals surface area contributed by atoms with Crippen LogP contribution in [0.25, 0.3) is 0 Å². The third-order valence-corrected chi connectivity index (χ3v) is 11.5. The number of carboxylic acid groups (broad SMARTS) is 1. The number of hydrogen-bond acceptors (Lipinski definition) is 9. The summed E-state index contributed by atoms with van der Waals surface area (Å²) in [6.07, 6.45) is 51.8. The number of hydrogen-bond donors (Lipinski definition) is 3. The van der Waals surface area contributed by atoms with Gasteiger partial charge >= 0.3 is 25.7 Å². The van der Waals surface area contributed by atoms with Crippen LogP contribution in [0.5, 0.6) is 0 Å². The number of rotatable bonds is 46. The van der Waals surface area contributed by atoms with Gasteiger partial charge in [-0.3, -0.25) is 23.4 Å². The smallest absolute Gasteiger partial charge is 0.472 e. The molecule has 12 heteroatoms. The highest BCUT2D eigenvalue weighted by atomic mass is 31.2. The largest absolute Gasteiger partial charge is 0.480 e. The zero-order valence-electron chi connectivity index (χ0n) is 39.2. The van der Waals surface area contributed by atoms with Gasteiger partial charge in [0.1, 0.15) is 12.6 Å². The predicted molar refractivity (Wildman–Crippen MR) is 254 cm³/mol. The van der Waals surface area contributed by atoms with E-state index >= 15 is 0 Å². The second-order valence-electron chi connectivity index (χ2n) is 16.6. The standard InChI is InChI=1S/C50H90NO10P/c1-3-5-7-9-11-13-15-17-19-21-22-23-24-26-28-30-32-34-36-38-40-42-49(53)61-46(44-59-62(56,57)60-45-47(51)50(54)55)43-58-48(52)41-39-37-35-33-31-29-27-25-20-18-16-14-12-10-8-6-4-2/h6,8,12,14,18,20,27,29,46-47H,3-5,7,9-11,13,15-17,19,21-26,28,30-45,51H2,1-2H3,(H,54,55)(H,56,57)/b8-6-,14-12-,20-18-,29-27-/t46-,47+/m1/s1. The van der Waals surface area contributed by atoms with E-state index in [0.717, 1.165) is 70.6 Å². The lowest BCUT2D eigenvalue weighted by molar-refractivity contribution is -0.161. The summed E-state index contributed by atoms with van der Waals surface area (Å²) in [6, 6.07) is -1.53. The summed E-state index contributed by atoms with van der Waals surface area (Å²) in [5.41, 5.74) is 5.35. The zero-order chi connectivity index (χ0) is 45.6. The number of carbonyl (C=O) groups is 3. The second kappa shape index (κ2) is 45.0. The molecule has 0 fully saturated rings. The van der Waals surface area contributed by atoms with Gasteiger partial charge < -0.3 is 25.2 Å². The lowest BCUT2D eigenvalue weighted by atomic mass is 10.0. The number of phosphoric ester groups is 1. The van der Waals surface area contributed by atoms with E-state index in [-0.39, 0.29) is 19.4 Å². The molecule has 4 N–H and O–H groups in total. The number of aliphatic carboxylic acids is 1. The van der Waals surface area contributed by atoms with Gasteiger partial charge in [0.15, 0.2) is 6.10 Å². The maximum atomic E-state index is 12.7. The fourth-order valence-electron chi connectivity index (χ4n) is 6.76. The molecule has 0 aliphatic heterocycles. The summed E-state index contributed by atoms with van der Waals surface area (Å²) in [5, 5.41) is 8.91. The lowest BCUT2D eigenvalue weighted by Crippen LogP contribution is -2.34. The van der Waals surface area contributed by atoms with Crippen LogP contribution in [-0.2, 0) is 37.5 Å². The van der Waals surface area contributed by atoms with E-state index in [1.165, 1.54) is 109 Å². The topological polar surface area (TPSA) is 172 Å². The first-order chi connectivity index (χ1) is 30.1. The number of phosphoric acid groups is 1. The molecule has 0 saturated carbocycles. The van der Waals surface area contributed by atoms with E-state index in [4.69, 9.17) is 24.8 Å². The molecule has 62 heavy (non-hydrogen) atoms. The molecule has 0 aromatic carbocycles. The number of unbranched alkanes of at least 4 members (excludes halogenated alkanes) is 24. The maximum Gasteiger partial charge on any atom is 0.472 e. The Hall–Kier alpha value is -2.56. The quantitative estimate of drug-likeness (QED) is 0.0230. The van der Waals surface area contributed by atoms with Crippen LogP contribution < -0.4 is 5.73 Å². The molecule has 0 heterocycles. The van der Waals surface area contributed by atoms with Gasteiger partial charge in [0.2, 0.25) is 0 Å². The minimum atomic E-state index is -4.73. The molecule has 0 spiro atoms. The third kappa shape index (κ3) is 44.1. The minimum Gasteiger partial charge on any atom is -0.480 e. The molecule has 0 aliphatic carbocycles. The Bertz CT molecular complexity index is 1240. The van der Waals surface area contributed by atoms with Gasteiger partial charge in [-0.2, -0.15) is 0 Å². The number of carbonyl (C=O) groups excluding carboxylic acids is 2. The summed E-state index contributed by atoms with van der Waals surface area (Å²) in [5.74, 6) is -2.40. The van der Waals surface area contributed by atoms with Crippen LogP contribution >= 0.6 is 7.82 Å². The van der Waals surface area contributed by atoms with Crippen molar-refractivity contribution in [1.29, 1.82) is 0 Å². The summed E-state index contributed by atoms with van der Waals surface area (Å²) in [6.45, 7) is 2.70. The van der Waals surface area contributed by atoms with Crippen molar-refractivity contribution in [3.8, 4) is 0 Å². The number of esters is 2. The number of carboxylic acids is 1. The molecule has 3 atom stereocenters. The highest BCUT2D eigenvalue weighted by Crippen LogP contribution is 2.43. The summed E-state index contributed by atoms with van der Waals surface area (Å²) in [7, 11) is -4.73. The molecule has 0 bridgehead atoms. The maximum absolute atomic E-state index is 12.7. The van der Waals surface area contributed by atoms with Gasteiger partial charge in [-0.25, -0.2) is 4.57 Å². The highest BCUT2D eigenvalue weighted by molar-refractivity contribution is 7.47. The zero-order valence-corrected chi connectivity index (χ0v) is 40.1. The van der Waals surface area contributed by atoms with E-state index in [1.807, 2.05) is 0 Å². The Balaban J connectivity index is 4.28. The first kappa shape index (κ1) is 59.4. The molecular formula is C50H90NO10P. The van der Waals surface area contributed by atoms with Crippen molar-refractivity contribution >= 4 is 25.7 Å². The van der Waals surface area contributed by atoms with Crippen molar-refractivity contribution in [3.05, 3.63) is 48.6 Å². The van der Waals surface area contributed by atoms with Crippen LogP contribution in [0.1, 0.15) is 219 Å². The molecule has 0 aliphatic rings. The average molecular weight is 896 g/mol. The van der Waals surface area contributed by atoms with Gasteiger partial charge in [-0.15, -0.1) is 0 Å². The van der Waals surface area contributed by atoms with Crippen molar-refractivity contribution in [2.75, 3.05) is 19.8 Å². The average Bonchev–Trinajstić information content (AvgIpc) is 3.25. The highest BCUT2D eigenvalue weighted by Gasteiger charge is 2.28. The summed E-state index contributed by atoms with van der Waals surface area (Å²) >= 11 is 0. The Morgan fingerprint density at radius 2 is 0.903 bits per heavy atom. The molecule has 0 radical (unpaired) electrons. The van der Waals surface area contributed by atoms with E-state index in [2.05, 4.69) is 67.0 Å². The van der Waals surface area contributed by atoms with Crippen molar-refractivity contribution in [3.63, 3.8) is 0 Å². The Morgan fingerprint density at radius 1 is 0.516 bits per heavy atom. The van der Waals surface area contributed by atoms with Crippen molar-refractivity contribution in [1.82, 2.24) is 0 Å². The second-order valence-corrected chi connectivity index (χ2v) is 18.0. The number of allylic oxidation sites excluding steroid dienone is 8. The lowest BCUT2D eigenvalue weighted by Gasteiger charge is -2.20. The third-order valence-electron chi connectivity index (χ3n) is 10.6. The molecule has 11 nitrogen and oxygen atoms in total. The first-order valence-corrected chi connectivity index (χ1v) is 26.2. The Labute approximate surface area is 377 Å². The molecule has 0 amide bonds. The van der Waals surface area contributed by atoms with Crippen LogP contribution in [0.15, 0.2) is 48.6 Å². The molecule has 0 aromatic heterocycles. The van der Waals surface area contributed by atoms with Crippen LogP contribution in [0.2, 0.25) is 0 Å². The first-order valence-electron chi connectivity index (χ1n) is 24.7. The van der Waals surface area contributed by atoms with Crippen LogP contribution in [0.4, 0.5) is 0 Å². The normalized spacial score (nSPS) is 14.0. The molecular weight excluding hydrogens is 806 g/mol. The molecule has 0 aromatic rings. The molecule has 0 rings (SSSR count). The van der Waals surface area contributed by atoms with Gasteiger partial charge in [-0.1, -0.05) is 204 Å². The van der Waals surface area contributed by atoms with Crippen LogP contribution in [-0.4, -0.2) is 59.9 Å². The summed E-state index contributed by atoms with van der Waals surface area (Å²) < 4.78 is 32.8. The van der Waals surface area contributed by atoms with Gasteiger partial charge in [-0.05, 0) is 51.4 Å². The van der Waals surface area contributed by atoms with E-state index in [1.54, 1.807) is 0 Å². The van der Waals surface area contributed by atoms with Crippen LogP contribution in [0.3, 0.4) is 0 Å².